The third kappa shape index (κ3) is 7.33. The minimum Gasteiger partial charge on any atom is -0.480 e. The van der Waals surface area contributed by atoms with E-state index in [4.69, 9.17) is 0 Å². The first-order valence-corrected chi connectivity index (χ1v) is 14.7. The van der Waals surface area contributed by atoms with E-state index in [1.807, 2.05) is 7.05 Å². The zero-order valence-corrected chi connectivity index (χ0v) is 23.4. The molecular formula is C30H34N4O6S. The van der Waals surface area contributed by atoms with Gasteiger partial charge in [-0.05, 0) is 68.4 Å². The fourth-order valence-corrected chi connectivity index (χ4v) is 6.06. The molecule has 0 saturated heterocycles. The number of nitrogens with one attached hydrogen (secondary N) is 3. The maximum absolute atomic E-state index is 13.5. The number of carbonyl (C=O) groups is 3. The zero-order chi connectivity index (χ0) is 29.4. The molecule has 0 spiro atoms. The number of benzene rings is 3. The molecule has 1 atom stereocenters. The minimum atomic E-state index is -3.67. The van der Waals surface area contributed by atoms with Gasteiger partial charge in [-0.1, -0.05) is 59.3 Å². The lowest BCUT2D eigenvalue weighted by Crippen LogP contribution is -2.43. The molecule has 0 aliphatic heterocycles. The van der Waals surface area contributed by atoms with Crippen LogP contribution in [-0.2, 0) is 16.0 Å². The fourth-order valence-electron chi connectivity index (χ4n) is 4.47. The Morgan fingerprint density at radius 3 is 2.27 bits per heavy atom. The number of anilines is 1. The quantitative estimate of drug-likeness (QED) is 0.123. The Labute approximate surface area is 239 Å². The van der Waals surface area contributed by atoms with Gasteiger partial charge in [-0.15, -0.1) is 0 Å². The Morgan fingerprint density at radius 1 is 0.902 bits per heavy atom. The van der Waals surface area contributed by atoms with Crippen LogP contribution in [-0.4, -0.2) is 55.6 Å². The lowest BCUT2D eigenvalue weighted by Gasteiger charge is -2.35. The van der Waals surface area contributed by atoms with E-state index in [-0.39, 0.29) is 22.9 Å². The van der Waals surface area contributed by atoms with E-state index in [1.165, 1.54) is 10.0 Å². The smallest absolute Gasteiger partial charge is 0.326 e. The van der Waals surface area contributed by atoms with E-state index < -0.39 is 28.7 Å². The summed E-state index contributed by atoms with van der Waals surface area (Å²) in [5, 5.41) is 18.9. The molecular weight excluding hydrogens is 544 g/mol. The Bertz CT molecular complexity index is 1500. The molecule has 0 bridgehead atoms. The van der Waals surface area contributed by atoms with E-state index in [9.17, 15) is 28.6 Å². The molecule has 0 fully saturated rings. The van der Waals surface area contributed by atoms with Crippen molar-refractivity contribution >= 4 is 45.1 Å². The predicted molar refractivity (Wildman–Crippen MR) is 160 cm³/mol. The number of aliphatic carboxylic acids is 1. The number of carbonyl (C=O) groups excluding carboxylic acids is 2. The highest BCUT2D eigenvalue weighted by Crippen LogP contribution is 2.52. The molecule has 6 N–H and O–H groups in total. The van der Waals surface area contributed by atoms with Crippen molar-refractivity contribution < 1.29 is 28.6 Å². The average Bonchev–Trinajstić information content (AvgIpc) is 3.37. The Kier molecular flexibility index (Phi) is 9.79. The molecule has 216 valence electrons. The molecule has 11 heteroatoms. The topological polar surface area (TPSA) is 153 Å². The summed E-state index contributed by atoms with van der Waals surface area (Å²) in [7, 11) is -1.80. The van der Waals surface area contributed by atoms with Crippen molar-refractivity contribution in [3.8, 4) is 0 Å². The van der Waals surface area contributed by atoms with Crippen LogP contribution < -0.4 is 16.0 Å². The summed E-state index contributed by atoms with van der Waals surface area (Å²) >= 11 is 0. The zero-order valence-electron chi connectivity index (χ0n) is 22.6. The Hall–Kier alpha value is -4.16. The molecule has 4 aromatic rings. The Morgan fingerprint density at radius 2 is 1.59 bits per heavy atom. The van der Waals surface area contributed by atoms with Gasteiger partial charge >= 0.3 is 5.97 Å². The normalized spacial score (nSPS) is 12.6. The van der Waals surface area contributed by atoms with E-state index in [2.05, 4.69) is 16.0 Å². The van der Waals surface area contributed by atoms with Gasteiger partial charge in [0.1, 0.15) is 11.7 Å². The summed E-state index contributed by atoms with van der Waals surface area (Å²) in [6.45, 7) is 0.848. The number of carboxylic acid groups (broad SMARTS) is 1. The number of hydrogen-bond acceptors (Lipinski definition) is 6. The summed E-state index contributed by atoms with van der Waals surface area (Å²) in [4.78, 5) is 38.0. The first-order chi connectivity index (χ1) is 19.7. The summed E-state index contributed by atoms with van der Waals surface area (Å²) in [5.41, 5.74) is 1.58. The number of para-hydroxylation sites is 1. The number of fused-ring (bicyclic) bond motifs is 1. The monoisotopic (exact) mass is 578 g/mol. The number of amides is 2. The predicted octanol–water partition coefficient (Wildman–Crippen LogP) is 4.97. The number of rotatable bonds is 13. The summed E-state index contributed by atoms with van der Waals surface area (Å²) in [6, 6.07) is 22.1. The number of unbranched alkanes of at least 4 members (excludes halogenated alkanes) is 1. The maximum atomic E-state index is 13.5. The molecule has 3 aromatic carbocycles. The number of nitrogens with zero attached hydrogens (tertiary/aromatic N) is 1. The lowest BCUT2D eigenvalue weighted by atomic mass is 10.1. The summed E-state index contributed by atoms with van der Waals surface area (Å²) < 4.78 is 23.7. The van der Waals surface area contributed by atoms with Gasteiger partial charge in [-0.3, -0.25) is 18.7 Å². The first-order valence-electron chi connectivity index (χ1n) is 13.2. The van der Waals surface area contributed by atoms with Gasteiger partial charge in [0.15, 0.2) is 0 Å². The molecule has 0 radical (unpaired) electrons. The molecule has 0 aliphatic rings. The van der Waals surface area contributed by atoms with Crippen molar-refractivity contribution in [1.82, 2.24) is 14.6 Å². The SMILES string of the molecule is CNCCCCC(=O)Nc1ccc(CC(NC(=O)c2cc3ccccc3n2S(O)(O)c2ccccc2)C(=O)O)cc1. The average molecular weight is 579 g/mol. The second kappa shape index (κ2) is 13.5. The Balaban J connectivity index is 1.51. The van der Waals surface area contributed by atoms with Crippen LogP contribution in [0.15, 0.2) is 89.8 Å². The highest BCUT2D eigenvalue weighted by molar-refractivity contribution is 8.23. The standard InChI is InChI=1S/C30H34N4O6S/c1-31-18-8-7-13-28(35)32-23-16-14-21(15-17-23)19-25(30(37)38)33-29(36)27-20-22-9-5-6-12-26(22)34(27)41(39,40)24-10-3-2-4-11-24/h2-6,9-12,14-17,20,25,31,39-40H,7-8,13,18-19H2,1H3,(H,32,35)(H,33,36)(H,37,38). The van der Waals surface area contributed by atoms with Gasteiger partial charge in [0.2, 0.25) is 5.91 Å². The van der Waals surface area contributed by atoms with Crippen LogP contribution in [0.3, 0.4) is 0 Å². The second-order valence-corrected chi connectivity index (χ2v) is 11.5. The first kappa shape index (κ1) is 29.8. The van der Waals surface area contributed by atoms with Crippen LogP contribution in [0.5, 0.6) is 0 Å². The number of hydrogen-bond donors (Lipinski definition) is 6. The highest BCUT2D eigenvalue weighted by Gasteiger charge is 2.29. The van der Waals surface area contributed by atoms with Gasteiger partial charge in [-0.25, -0.2) is 8.77 Å². The van der Waals surface area contributed by atoms with Crippen LogP contribution in [0, 0.1) is 0 Å². The summed E-state index contributed by atoms with van der Waals surface area (Å²) in [5.74, 6) is -2.09. The molecule has 1 heterocycles. The van der Waals surface area contributed by atoms with Crippen molar-refractivity contribution in [3.05, 3.63) is 96.2 Å². The maximum Gasteiger partial charge on any atom is 0.326 e. The number of carboxylic acids is 1. The molecule has 1 unspecified atom stereocenters. The van der Waals surface area contributed by atoms with Gasteiger partial charge in [-0.2, -0.15) is 0 Å². The molecule has 4 rings (SSSR count). The fraction of sp³-hybridized carbons (Fsp3) is 0.233. The third-order valence-electron chi connectivity index (χ3n) is 6.57. The van der Waals surface area contributed by atoms with E-state index >= 15 is 0 Å². The number of aromatic nitrogens is 1. The minimum absolute atomic E-state index is 0.0194. The van der Waals surface area contributed by atoms with E-state index in [0.29, 0.717) is 28.6 Å². The van der Waals surface area contributed by atoms with Crippen molar-refractivity contribution in [2.24, 2.45) is 0 Å². The lowest BCUT2D eigenvalue weighted by molar-refractivity contribution is -0.139. The van der Waals surface area contributed by atoms with Crippen molar-refractivity contribution in [2.75, 3.05) is 18.9 Å². The van der Waals surface area contributed by atoms with Crippen LogP contribution in [0.4, 0.5) is 5.69 Å². The van der Waals surface area contributed by atoms with Gasteiger partial charge in [0, 0.05) is 23.9 Å². The van der Waals surface area contributed by atoms with Crippen molar-refractivity contribution in [1.29, 1.82) is 0 Å². The van der Waals surface area contributed by atoms with Gasteiger partial charge in [0.25, 0.3) is 5.91 Å². The van der Waals surface area contributed by atoms with Crippen LogP contribution >= 0.6 is 10.8 Å². The van der Waals surface area contributed by atoms with Gasteiger partial charge < -0.3 is 21.1 Å². The van der Waals surface area contributed by atoms with Crippen molar-refractivity contribution in [2.45, 2.75) is 36.6 Å². The van der Waals surface area contributed by atoms with E-state index in [0.717, 1.165) is 19.4 Å². The summed E-state index contributed by atoms with van der Waals surface area (Å²) in [6.07, 6.45) is 2.05. The molecule has 0 aliphatic carbocycles. The molecule has 10 nitrogen and oxygen atoms in total. The highest BCUT2D eigenvalue weighted by atomic mass is 32.3. The molecule has 41 heavy (non-hydrogen) atoms. The molecule has 2 amide bonds. The van der Waals surface area contributed by atoms with E-state index in [1.54, 1.807) is 78.9 Å². The van der Waals surface area contributed by atoms with Crippen LogP contribution in [0.1, 0.15) is 35.3 Å². The molecule has 1 aromatic heterocycles. The van der Waals surface area contributed by atoms with Crippen molar-refractivity contribution in [3.63, 3.8) is 0 Å². The molecule has 0 saturated carbocycles. The van der Waals surface area contributed by atoms with Gasteiger partial charge in [0.05, 0.1) is 10.4 Å². The largest absolute Gasteiger partial charge is 0.480 e. The van der Waals surface area contributed by atoms with Crippen LogP contribution in [0.25, 0.3) is 10.9 Å². The second-order valence-electron chi connectivity index (χ2n) is 9.59. The van der Waals surface area contributed by atoms with Crippen LogP contribution in [0.2, 0.25) is 0 Å². The third-order valence-corrected chi connectivity index (χ3v) is 8.38.